The molecule has 1 unspecified atom stereocenters. The summed E-state index contributed by atoms with van der Waals surface area (Å²) in [6, 6.07) is 0. The highest BCUT2D eigenvalue weighted by Crippen LogP contribution is 1.70. The monoisotopic (exact) mass is 101 g/mol. The van der Waals surface area contributed by atoms with Crippen LogP contribution in [0.5, 0.6) is 0 Å². The van der Waals surface area contributed by atoms with Crippen LogP contribution in [0.25, 0.3) is 0 Å². The molecule has 0 heterocycles. The molecule has 42 valence electrons. The minimum Gasteiger partial charge on any atom is -0.629 e. The molecule has 0 radical (unpaired) electrons. The van der Waals surface area contributed by atoms with E-state index in [1.165, 1.54) is 0 Å². The highest BCUT2D eigenvalue weighted by atomic mass is 16.5. The fraction of sp³-hybridized carbons (Fsp3) is 0.600. The zero-order valence-electron chi connectivity index (χ0n) is 4.77. The molecule has 0 aliphatic rings. The van der Waals surface area contributed by atoms with Crippen LogP contribution in [0.4, 0.5) is 0 Å². The van der Waals surface area contributed by atoms with E-state index in [0.717, 1.165) is 6.42 Å². The lowest BCUT2D eigenvalue weighted by Crippen LogP contribution is -2.98. The van der Waals surface area contributed by atoms with Gasteiger partial charge in [0.25, 0.3) is 0 Å². The van der Waals surface area contributed by atoms with Gasteiger partial charge >= 0.3 is 0 Å². The van der Waals surface area contributed by atoms with E-state index in [1.54, 1.807) is 13.2 Å². The number of quaternary nitrogens is 1. The van der Waals surface area contributed by atoms with Gasteiger partial charge in [0.2, 0.25) is 0 Å². The maximum absolute atomic E-state index is 10.1. The summed E-state index contributed by atoms with van der Waals surface area (Å²) in [5.74, 6) is 0. The topological polar surface area (TPSA) is 27.5 Å². The summed E-state index contributed by atoms with van der Waals surface area (Å²) < 4.78 is 0. The van der Waals surface area contributed by atoms with Gasteiger partial charge in [0, 0.05) is 0 Å². The van der Waals surface area contributed by atoms with Crippen LogP contribution in [0.15, 0.2) is 12.3 Å². The Morgan fingerprint density at radius 1 is 1.71 bits per heavy atom. The van der Waals surface area contributed by atoms with Crippen molar-refractivity contribution < 1.29 is 5.06 Å². The van der Waals surface area contributed by atoms with Gasteiger partial charge in [-0.1, -0.05) is 6.92 Å². The lowest BCUT2D eigenvalue weighted by molar-refractivity contribution is -0.766. The normalized spacial score (nSPS) is 15.3. The quantitative estimate of drug-likeness (QED) is 0.484. The molecular weight excluding hydrogens is 90.1 g/mol. The second kappa shape index (κ2) is 3.84. The van der Waals surface area contributed by atoms with Crippen molar-refractivity contribution in [3.63, 3.8) is 0 Å². The van der Waals surface area contributed by atoms with E-state index in [1.807, 2.05) is 13.0 Å². The Morgan fingerprint density at radius 3 is 2.43 bits per heavy atom. The first-order chi connectivity index (χ1) is 3.27. The first-order valence-electron chi connectivity index (χ1n) is 2.44. The molecule has 7 heavy (non-hydrogen) atoms. The molecule has 0 saturated heterocycles. The van der Waals surface area contributed by atoms with Crippen molar-refractivity contribution in [2.75, 3.05) is 7.05 Å². The first kappa shape index (κ1) is 6.66. The van der Waals surface area contributed by atoms with Crippen LogP contribution in [-0.4, -0.2) is 7.05 Å². The Hall–Kier alpha value is -0.340. The second-order valence-electron chi connectivity index (χ2n) is 1.42. The van der Waals surface area contributed by atoms with E-state index in [2.05, 4.69) is 0 Å². The molecule has 2 nitrogen and oxygen atoms in total. The van der Waals surface area contributed by atoms with Gasteiger partial charge in [-0.15, -0.1) is 0 Å². The van der Waals surface area contributed by atoms with Gasteiger partial charge in [-0.05, 0) is 12.5 Å². The van der Waals surface area contributed by atoms with Crippen molar-refractivity contribution in [2.24, 2.45) is 0 Å². The summed E-state index contributed by atoms with van der Waals surface area (Å²) in [5.41, 5.74) is 0. The molecule has 0 spiro atoms. The Labute approximate surface area is 44.0 Å². The molecule has 0 saturated carbocycles. The second-order valence-corrected chi connectivity index (χ2v) is 1.42. The Balaban J connectivity index is 3.08. The fourth-order valence-electron chi connectivity index (χ4n) is 0.284. The molecule has 2 heteroatoms. The Morgan fingerprint density at radius 2 is 2.29 bits per heavy atom. The van der Waals surface area contributed by atoms with Crippen LogP contribution in [0.3, 0.4) is 0 Å². The smallest absolute Gasteiger partial charge is 0.0899 e. The number of rotatable bonds is 2. The van der Waals surface area contributed by atoms with Gasteiger partial charge in [-0.3, -0.25) is 0 Å². The molecule has 1 N–H and O–H groups in total. The zero-order valence-corrected chi connectivity index (χ0v) is 4.77. The van der Waals surface area contributed by atoms with Gasteiger partial charge < -0.3 is 10.3 Å². The lowest BCUT2D eigenvalue weighted by Gasteiger charge is -2.07. The number of allylic oxidation sites excluding steroid dienone is 1. The molecule has 0 aromatic rings. The van der Waals surface area contributed by atoms with Gasteiger partial charge in [0.05, 0.1) is 13.2 Å². The van der Waals surface area contributed by atoms with Gasteiger partial charge in [-0.25, -0.2) is 0 Å². The fourth-order valence-corrected chi connectivity index (χ4v) is 0.284. The summed E-state index contributed by atoms with van der Waals surface area (Å²) in [4.78, 5) is 0. The van der Waals surface area contributed by atoms with Crippen LogP contribution in [0.1, 0.15) is 13.3 Å². The molecule has 0 rings (SSSR count). The van der Waals surface area contributed by atoms with Gasteiger partial charge in [0.15, 0.2) is 0 Å². The summed E-state index contributed by atoms with van der Waals surface area (Å²) >= 11 is 0. The van der Waals surface area contributed by atoms with Crippen molar-refractivity contribution in [1.29, 1.82) is 0 Å². The average molecular weight is 101 g/mol. The van der Waals surface area contributed by atoms with E-state index < -0.39 is 0 Å². The van der Waals surface area contributed by atoms with Crippen LogP contribution < -0.4 is 5.06 Å². The van der Waals surface area contributed by atoms with Crippen molar-refractivity contribution in [3.8, 4) is 0 Å². The van der Waals surface area contributed by atoms with Crippen molar-refractivity contribution in [2.45, 2.75) is 13.3 Å². The third-order valence-corrected chi connectivity index (χ3v) is 0.588. The molecule has 0 aliphatic heterocycles. The summed E-state index contributed by atoms with van der Waals surface area (Å²) in [6.45, 7) is 2.00. The van der Waals surface area contributed by atoms with E-state index in [0.29, 0.717) is 0 Å². The predicted molar refractivity (Wildman–Crippen MR) is 29.7 cm³/mol. The molecule has 1 atom stereocenters. The van der Waals surface area contributed by atoms with Crippen LogP contribution in [-0.2, 0) is 0 Å². The number of hydrogen-bond acceptors (Lipinski definition) is 1. The SMILES string of the molecule is CC/C=C\[NH+](C)[O-]. The largest absolute Gasteiger partial charge is 0.629 e. The minimum absolute atomic E-state index is 0.127. The summed E-state index contributed by atoms with van der Waals surface area (Å²) in [6.07, 6.45) is 4.38. The molecule has 0 amide bonds. The van der Waals surface area contributed by atoms with Crippen molar-refractivity contribution in [3.05, 3.63) is 17.5 Å². The Kier molecular flexibility index (Phi) is 3.65. The van der Waals surface area contributed by atoms with Crippen molar-refractivity contribution >= 4 is 0 Å². The van der Waals surface area contributed by atoms with Crippen molar-refractivity contribution in [1.82, 2.24) is 0 Å². The summed E-state index contributed by atoms with van der Waals surface area (Å²) in [7, 11) is 1.55. The predicted octanol–water partition coefficient (Wildman–Crippen LogP) is -0.0774. The molecule has 0 fully saturated rings. The van der Waals surface area contributed by atoms with E-state index in [9.17, 15) is 5.21 Å². The summed E-state index contributed by atoms with van der Waals surface area (Å²) in [5, 5.41) is 10.2. The maximum Gasteiger partial charge on any atom is 0.0899 e. The van der Waals surface area contributed by atoms with Crippen LogP contribution in [0.2, 0.25) is 0 Å². The van der Waals surface area contributed by atoms with Gasteiger partial charge in [0.1, 0.15) is 0 Å². The van der Waals surface area contributed by atoms with E-state index in [4.69, 9.17) is 0 Å². The molecule has 0 aliphatic carbocycles. The number of nitrogens with one attached hydrogen (secondary N) is 1. The highest BCUT2D eigenvalue weighted by Gasteiger charge is 1.69. The number of hydroxylamine groups is 2. The van der Waals surface area contributed by atoms with Crippen LogP contribution in [0, 0.1) is 5.21 Å². The Bertz CT molecular complexity index is 59.1. The maximum atomic E-state index is 10.1. The third-order valence-electron chi connectivity index (χ3n) is 0.588. The number of hydrogen-bond donors (Lipinski definition) is 1. The zero-order chi connectivity index (χ0) is 5.70. The molecule has 0 aromatic carbocycles. The highest BCUT2D eigenvalue weighted by molar-refractivity contribution is 4.68. The lowest BCUT2D eigenvalue weighted by atomic mass is 10.5. The van der Waals surface area contributed by atoms with E-state index >= 15 is 0 Å². The first-order valence-corrected chi connectivity index (χ1v) is 2.44. The minimum atomic E-state index is 0.127. The molecule has 0 aromatic heterocycles. The van der Waals surface area contributed by atoms with E-state index in [-0.39, 0.29) is 5.06 Å². The standard InChI is InChI=1S/C5H11NO/c1-3-4-5-6(2)7/h4-6H,3H2,1-2H3/b5-4-. The third kappa shape index (κ3) is 5.66. The molecular formula is C5H11NO. The van der Waals surface area contributed by atoms with Crippen LogP contribution >= 0.6 is 0 Å². The average Bonchev–Trinajstić information content (AvgIpc) is 1.61. The van der Waals surface area contributed by atoms with Gasteiger partial charge in [-0.2, -0.15) is 0 Å². The molecule has 0 bridgehead atoms.